The Morgan fingerprint density at radius 3 is 2.74 bits per heavy atom. The first-order valence-electron chi connectivity index (χ1n) is 9.64. The van der Waals surface area contributed by atoms with E-state index in [2.05, 4.69) is 20.6 Å². The fourth-order valence-electron chi connectivity index (χ4n) is 2.75. The predicted molar refractivity (Wildman–Crippen MR) is 122 cm³/mol. The maximum Gasteiger partial charge on any atom is 0.250 e. The number of nitrogens with zero attached hydrogens (tertiary/aromatic N) is 3. The first kappa shape index (κ1) is 22.5. The standard InChI is InChI=1S/C22H23ClFN5O2/c1-4-31-15-8-9-16-19(13-15)26-22(27-20(30)6-5-11-29(2)3)28-21(16)25-14-7-10-18(24)17(23)12-14/h5-10,12-13H,4,11H2,1-3H3,(H2,25,26,27,28,30)/b6-5+. The Labute approximate surface area is 184 Å². The highest BCUT2D eigenvalue weighted by Crippen LogP contribution is 2.29. The summed E-state index contributed by atoms with van der Waals surface area (Å²) < 4.78 is 19.1. The molecule has 2 N–H and O–H groups in total. The van der Waals surface area contributed by atoms with Crippen LogP contribution in [0, 0.1) is 5.82 Å². The Kier molecular flexibility index (Phi) is 7.38. The molecule has 31 heavy (non-hydrogen) atoms. The molecule has 0 atom stereocenters. The minimum Gasteiger partial charge on any atom is -0.494 e. The summed E-state index contributed by atoms with van der Waals surface area (Å²) in [6.07, 6.45) is 3.17. The Bertz CT molecular complexity index is 1120. The summed E-state index contributed by atoms with van der Waals surface area (Å²) in [6, 6.07) is 9.66. The molecule has 9 heteroatoms. The third-order valence-electron chi connectivity index (χ3n) is 4.14. The highest BCUT2D eigenvalue weighted by Gasteiger charge is 2.12. The van der Waals surface area contributed by atoms with Gasteiger partial charge in [0, 0.05) is 29.8 Å². The molecule has 3 aromatic rings. The summed E-state index contributed by atoms with van der Waals surface area (Å²) in [5, 5.41) is 6.48. The van der Waals surface area contributed by atoms with Crippen LogP contribution in [0.4, 0.5) is 21.8 Å². The summed E-state index contributed by atoms with van der Waals surface area (Å²) in [5.41, 5.74) is 1.12. The highest BCUT2D eigenvalue weighted by atomic mass is 35.5. The van der Waals surface area contributed by atoms with Gasteiger partial charge in [0.25, 0.3) is 0 Å². The number of rotatable bonds is 8. The zero-order valence-corrected chi connectivity index (χ0v) is 18.2. The first-order valence-corrected chi connectivity index (χ1v) is 10.0. The van der Waals surface area contributed by atoms with Gasteiger partial charge in [-0.15, -0.1) is 0 Å². The Hall–Kier alpha value is -3.23. The van der Waals surface area contributed by atoms with E-state index in [9.17, 15) is 9.18 Å². The summed E-state index contributed by atoms with van der Waals surface area (Å²) in [7, 11) is 3.81. The number of carbonyl (C=O) groups is 1. The van der Waals surface area contributed by atoms with E-state index in [0.717, 1.165) is 0 Å². The normalized spacial score (nSPS) is 11.3. The molecular formula is C22H23ClFN5O2. The molecule has 0 aliphatic carbocycles. The number of hydrogen-bond donors (Lipinski definition) is 2. The van der Waals surface area contributed by atoms with Gasteiger partial charge in [0.2, 0.25) is 11.9 Å². The summed E-state index contributed by atoms with van der Waals surface area (Å²) in [5.74, 6) is 0.337. The van der Waals surface area contributed by atoms with Gasteiger partial charge in [0.1, 0.15) is 17.4 Å². The lowest BCUT2D eigenvalue weighted by Crippen LogP contribution is -2.14. The summed E-state index contributed by atoms with van der Waals surface area (Å²) in [4.78, 5) is 23.1. The lowest BCUT2D eigenvalue weighted by molar-refractivity contribution is -0.112. The molecule has 0 saturated heterocycles. The van der Waals surface area contributed by atoms with Gasteiger partial charge >= 0.3 is 0 Å². The van der Waals surface area contributed by atoms with E-state index < -0.39 is 5.82 Å². The molecule has 7 nitrogen and oxygen atoms in total. The van der Waals surface area contributed by atoms with Gasteiger partial charge < -0.3 is 15.0 Å². The van der Waals surface area contributed by atoms with Gasteiger partial charge in [-0.05, 0) is 51.4 Å². The maximum absolute atomic E-state index is 13.5. The summed E-state index contributed by atoms with van der Waals surface area (Å²) in [6.45, 7) is 3.03. The summed E-state index contributed by atoms with van der Waals surface area (Å²) >= 11 is 5.89. The number of benzene rings is 2. The lowest BCUT2D eigenvalue weighted by Gasteiger charge is -2.12. The van der Waals surface area contributed by atoms with Crippen molar-refractivity contribution < 1.29 is 13.9 Å². The van der Waals surface area contributed by atoms with E-state index in [1.807, 2.05) is 32.0 Å². The van der Waals surface area contributed by atoms with Crippen molar-refractivity contribution in [2.24, 2.45) is 0 Å². The molecule has 0 unspecified atom stereocenters. The second-order valence-electron chi connectivity index (χ2n) is 6.92. The number of ether oxygens (including phenoxy) is 1. The average Bonchev–Trinajstić information content (AvgIpc) is 2.70. The molecule has 1 heterocycles. The van der Waals surface area contributed by atoms with Crippen LogP contribution in [0.3, 0.4) is 0 Å². The van der Waals surface area contributed by atoms with Gasteiger partial charge in [-0.1, -0.05) is 17.7 Å². The largest absolute Gasteiger partial charge is 0.494 e. The maximum atomic E-state index is 13.5. The van der Waals surface area contributed by atoms with E-state index in [1.54, 1.807) is 24.3 Å². The molecule has 1 aromatic heterocycles. The van der Waals surface area contributed by atoms with Crippen molar-refractivity contribution in [2.75, 3.05) is 37.9 Å². The Morgan fingerprint density at radius 2 is 2.03 bits per heavy atom. The number of likely N-dealkylation sites (N-methyl/N-ethyl adjacent to an activating group) is 1. The van der Waals surface area contributed by atoms with Crippen LogP contribution < -0.4 is 15.4 Å². The molecule has 0 spiro atoms. The average molecular weight is 444 g/mol. The Balaban J connectivity index is 1.96. The molecule has 0 aliphatic heterocycles. The van der Waals surface area contributed by atoms with Crippen molar-refractivity contribution in [1.29, 1.82) is 0 Å². The second kappa shape index (κ2) is 10.2. The van der Waals surface area contributed by atoms with Crippen LogP contribution in [0.15, 0.2) is 48.6 Å². The van der Waals surface area contributed by atoms with Gasteiger partial charge in [-0.3, -0.25) is 10.1 Å². The van der Waals surface area contributed by atoms with Crippen molar-refractivity contribution in [3.05, 3.63) is 59.4 Å². The third-order valence-corrected chi connectivity index (χ3v) is 4.43. The van der Waals surface area contributed by atoms with Gasteiger partial charge in [-0.25, -0.2) is 9.37 Å². The van der Waals surface area contributed by atoms with Crippen molar-refractivity contribution in [1.82, 2.24) is 14.9 Å². The number of anilines is 3. The lowest BCUT2D eigenvalue weighted by atomic mass is 10.2. The van der Waals surface area contributed by atoms with Crippen LogP contribution in [0.2, 0.25) is 5.02 Å². The van der Waals surface area contributed by atoms with E-state index >= 15 is 0 Å². The van der Waals surface area contributed by atoms with Crippen molar-refractivity contribution in [3.63, 3.8) is 0 Å². The minimum absolute atomic E-state index is 0.0125. The fourth-order valence-corrected chi connectivity index (χ4v) is 2.93. The number of aromatic nitrogens is 2. The van der Waals surface area contributed by atoms with Crippen LogP contribution in [-0.2, 0) is 4.79 Å². The number of carbonyl (C=O) groups excluding carboxylic acids is 1. The monoisotopic (exact) mass is 443 g/mol. The molecule has 0 aliphatic rings. The first-order chi connectivity index (χ1) is 14.9. The third kappa shape index (κ3) is 6.13. The van der Waals surface area contributed by atoms with Crippen LogP contribution in [0.25, 0.3) is 10.9 Å². The topological polar surface area (TPSA) is 79.4 Å². The fraction of sp³-hybridized carbons (Fsp3) is 0.227. The molecule has 0 bridgehead atoms. The Morgan fingerprint density at radius 1 is 1.23 bits per heavy atom. The zero-order valence-electron chi connectivity index (χ0n) is 17.4. The van der Waals surface area contributed by atoms with Crippen LogP contribution in [0.5, 0.6) is 5.75 Å². The SMILES string of the molecule is CCOc1ccc2c(Nc3ccc(F)c(Cl)c3)nc(NC(=O)/C=C/CN(C)C)nc2c1. The number of fused-ring (bicyclic) bond motifs is 1. The van der Waals surface area contributed by atoms with Gasteiger partial charge in [-0.2, -0.15) is 4.98 Å². The van der Waals surface area contributed by atoms with Gasteiger partial charge in [0.15, 0.2) is 0 Å². The molecule has 0 fully saturated rings. The van der Waals surface area contributed by atoms with E-state index in [-0.39, 0.29) is 16.9 Å². The number of halogens is 2. The second-order valence-corrected chi connectivity index (χ2v) is 7.32. The molecule has 3 rings (SSSR count). The van der Waals surface area contributed by atoms with E-state index in [1.165, 1.54) is 18.2 Å². The molecule has 0 saturated carbocycles. The van der Waals surface area contributed by atoms with Crippen LogP contribution in [0.1, 0.15) is 6.92 Å². The van der Waals surface area contributed by atoms with Crippen molar-refractivity contribution in [2.45, 2.75) is 6.92 Å². The molecule has 1 amide bonds. The van der Waals surface area contributed by atoms with Crippen LogP contribution >= 0.6 is 11.6 Å². The number of amides is 1. The molecular weight excluding hydrogens is 421 g/mol. The quantitative estimate of drug-likeness (QED) is 0.494. The smallest absolute Gasteiger partial charge is 0.250 e. The zero-order chi connectivity index (χ0) is 22.4. The number of hydrogen-bond acceptors (Lipinski definition) is 6. The van der Waals surface area contributed by atoms with E-state index in [0.29, 0.717) is 41.3 Å². The van der Waals surface area contributed by atoms with E-state index in [4.69, 9.17) is 16.3 Å². The highest BCUT2D eigenvalue weighted by molar-refractivity contribution is 6.31. The predicted octanol–water partition coefficient (Wildman–Crippen LogP) is 4.62. The minimum atomic E-state index is -0.515. The van der Waals surface area contributed by atoms with Crippen LogP contribution in [-0.4, -0.2) is 48.0 Å². The molecule has 162 valence electrons. The number of nitrogens with one attached hydrogen (secondary N) is 2. The van der Waals surface area contributed by atoms with Crippen molar-refractivity contribution in [3.8, 4) is 5.75 Å². The molecule has 2 aromatic carbocycles. The van der Waals surface area contributed by atoms with Crippen molar-refractivity contribution >= 4 is 45.9 Å². The molecule has 0 radical (unpaired) electrons. The van der Waals surface area contributed by atoms with Gasteiger partial charge in [0.05, 0.1) is 17.1 Å².